The van der Waals surface area contributed by atoms with Crippen molar-refractivity contribution in [2.75, 3.05) is 26.3 Å². The van der Waals surface area contributed by atoms with E-state index in [1.807, 2.05) is 30.3 Å². The maximum absolute atomic E-state index is 5.51. The molecule has 0 fully saturated rings. The molecule has 0 spiro atoms. The third kappa shape index (κ3) is 6.05. The molecule has 1 heterocycles. The van der Waals surface area contributed by atoms with Crippen molar-refractivity contribution in [1.82, 2.24) is 4.98 Å². The van der Waals surface area contributed by atoms with Crippen molar-refractivity contribution in [2.24, 2.45) is 0 Å². The number of fused-ring (bicyclic) bond motifs is 2. The molecule has 194 valence electrons. The van der Waals surface area contributed by atoms with Gasteiger partial charge in [-0.3, -0.25) is 0 Å². The summed E-state index contributed by atoms with van der Waals surface area (Å²) < 4.78 is 17.9. The first-order chi connectivity index (χ1) is 16.9. The molecule has 0 aliphatic rings. The Morgan fingerprint density at radius 1 is 0.639 bits per heavy atom. The number of hydrogen-bond donors (Lipinski definition) is 0. The van der Waals surface area contributed by atoms with E-state index in [2.05, 4.69) is 70.7 Å². The molecule has 5 heteroatoms. The molecule has 4 rings (SSSR count). The van der Waals surface area contributed by atoms with E-state index in [1.54, 1.807) is 21.3 Å². The van der Waals surface area contributed by atoms with Gasteiger partial charge in [0, 0.05) is 16.9 Å². The van der Waals surface area contributed by atoms with Crippen LogP contribution in [0.5, 0.6) is 17.2 Å². The molecule has 1 aromatic heterocycles. The van der Waals surface area contributed by atoms with Gasteiger partial charge in [-0.05, 0) is 12.1 Å². The van der Waals surface area contributed by atoms with Crippen LogP contribution in [0, 0.1) is 3.57 Å². The standard InChI is InChI=1S/C16H20IO.C15H19NO2/c1-16(2,3)11-9-13-12(14(10-11)17-4)7-6-8-15(13)18-5;1-15(2,3)13-9-12(18-5)10-7-6-8-11(17-4)14(10)16-13/h6-10H,1-5H3;6-9H,1-5H3/q-1;. The fourth-order valence-electron chi connectivity index (χ4n) is 3.99. The summed E-state index contributed by atoms with van der Waals surface area (Å²) in [6.45, 7) is 13.2. The third-order valence-corrected chi connectivity index (χ3v) is 8.22. The summed E-state index contributed by atoms with van der Waals surface area (Å²) in [5.74, 6) is 2.60. The van der Waals surface area contributed by atoms with E-state index in [-0.39, 0.29) is 32.0 Å². The number of aromatic nitrogens is 1. The van der Waals surface area contributed by atoms with E-state index < -0.39 is 0 Å². The van der Waals surface area contributed by atoms with Gasteiger partial charge in [-0.2, -0.15) is 0 Å². The van der Waals surface area contributed by atoms with Crippen molar-refractivity contribution >= 4 is 21.7 Å². The molecule has 0 amide bonds. The Labute approximate surface area is 226 Å². The minimum absolute atomic E-state index is 0.0255. The molecule has 0 saturated heterocycles. The number of nitrogens with zero attached hydrogens (tertiary/aromatic N) is 1. The molecule has 0 bridgehead atoms. The molecular formula is C31H39INO3-. The van der Waals surface area contributed by atoms with Crippen LogP contribution in [0.3, 0.4) is 0 Å². The number of halogens is 1. The zero-order chi connectivity index (χ0) is 26.7. The molecular weight excluding hydrogens is 561 g/mol. The summed E-state index contributed by atoms with van der Waals surface area (Å²) in [6.07, 6.45) is 0. The molecule has 4 nitrogen and oxygen atoms in total. The molecule has 0 aliphatic carbocycles. The van der Waals surface area contributed by atoms with Crippen molar-refractivity contribution in [2.45, 2.75) is 52.4 Å². The topological polar surface area (TPSA) is 40.6 Å². The van der Waals surface area contributed by atoms with Crippen LogP contribution in [-0.4, -0.2) is 31.2 Å². The van der Waals surface area contributed by atoms with Crippen LogP contribution in [0.2, 0.25) is 0 Å². The predicted molar refractivity (Wildman–Crippen MR) is 147 cm³/mol. The number of rotatable bonds is 4. The maximum atomic E-state index is 5.51. The monoisotopic (exact) mass is 600 g/mol. The molecule has 3 aromatic carbocycles. The van der Waals surface area contributed by atoms with Gasteiger partial charge in [0.15, 0.2) is 0 Å². The van der Waals surface area contributed by atoms with Crippen molar-refractivity contribution in [3.05, 3.63) is 69.4 Å². The molecule has 36 heavy (non-hydrogen) atoms. The quantitative estimate of drug-likeness (QED) is 0.254. The molecule has 0 aliphatic heterocycles. The molecule has 4 aromatic rings. The van der Waals surface area contributed by atoms with E-state index >= 15 is 0 Å². The van der Waals surface area contributed by atoms with Crippen LogP contribution in [0.1, 0.15) is 52.8 Å². The first-order valence-corrected chi connectivity index (χ1v) is 15.3. The van der Waals surface area contributed by atoms with Gasteiger partial charge in [-0.15, -0.1) is 0 Å². The van der Waals surface area contributed by atoms with Crippen LogP contribution in [0.25, 0.3) is 21.7 Å². The van der Waals surface area contributed by atoms with Crippen molar-refractivity contribution in [3.8, 4) is 17.2 Å². The average molecular weight is 601 g/mol. The van der Waals surface area contributed by atoms with Crippen LogP contribution in [-0.2, 0) is 10.8 Å². The molecule has 0 atom stereocenters. The van der Waals surface area contributed by atoms with Crippen LogP contribution in [0.4, 0.5) is 0 Å². The number of hydrogen-bond acceptors (Lipinski definition) is 4. The molecule has 0 saturated carbocycles. The number of methoxy groups -OCH3 is 3. The molecule has 0 N–H and O–H groups in total. The summed E-state index contributed by atoms with van der Waals surface area (Å²) in [5, 5.41) is 3.59. The SMILES string of the molecule is COc1cc(C(C)(C)C)nc2c(OC)cccc12.COc1cccc2c([I-]C)cc(C(C)(C)C)cc12. The third-order valence-electron chi connectivity index (χ3n) is 6.17. The second kappa shape index (κ2) is 11.2. The summed E-state index contributed by atoms with van der Waals surface area (Å²) in [4.78, 5) is 7.04. The Hall–Kier alpha value is -2.54. The fraction of sp³-hybridized carbons (Fsp3) is 0.387. The van der Waals surface area contributed by atoms with E-state index in [1.165, 1.54) is 19.9 Å². The normalized spacial score (nSPS) is 11.8. The van der Waals surface area contributed by atoms with Gasteiger partial charge in [0.05, 0.1) is 19.9 Å². The van der Waals surface area contributed by atoms with Gasteiger partial charge in [-0.1, -0.05) is 26.8 Å². The summed E-state index contributed by atoms with van der Waals surface area (Å²) in [7, 11) is 5.09. The Morgan fingerprint density at radius 2 is 1.22 bits per heavy atom. The second-order valence-electron chi connectivity index (χ2n) is 10.8. The van der Waals surface area contributed by atoms with Crippen LogP contribution in [0.15, 0.2) is 54.6 Å². The van der Waals surface area contributed by atoms with Crippen molar-refractivity contribution in [3.63, 3.8) is 0 Å². The van der Waals surface area contributed by atoms with E-state index in [0.717, 1.165) is 33.8 Å². The number of para-hydroxylation sites is 1. The predicted octanol–water partition coefficient (Wildman–Crippen LogP) is 4.58. The summed E-state index contributed by atoms with van der Waals surface area (Å²) in [6, 6.07) is 18.9. The van der Waals surface area contributed by atoms with Gasteiger partial charge < -0.3 is 9.47 Å². The van der Waals surface area contributed by atoms with Crippen molar-refractivity contribution < 1.29 is 35.4 Å². The minimum atomic E-state index is -0.0255. The Morgan fingerprint density at radius 3 is 1.75 bits per heavy atom. The van der Waals surface area contributed by atoms with E-state index in [9.17, 15) is 0 Å². The molecule has 0 radical (unpaired) electrons. The average Bonchev–Trinajstić information content (AvgIpc) is 2.85. The first-order valence-electron chi connectivity index (χ1n) is 12.1. The van der Waals surface area contributed by atoms with Crippen LogP contribution >= 0.6 is 0 Å². The number of ether oxygens (including phenoxy) is 3. The van der Waals surface area contributed by atoms with E-state index in [4.69, 9.17) is 19.2 Å². The Bertz CT molecular complexity index is 1250. The first kappa shape index (κ1) is 28.0. The number of pyridine rings is 1. The zero-order valence-electron chi connectivity index (χ0n) is 23.2. The van der Waals surface area contributed by atoms with Crippen LogP contribution < -0.4 is 35.4 Å². The number of alkyl halides is 1. The van der Waals surface area contributed by atoms with E-state index in [0.29, 0.717) is 0 Å². The second-order valence-corrected chi connectivity index (χ2v) is 13.0. The van der Waals surface area contributed by atoms with Gasteiger partial charge in [0.1, 0.15) is 17.0 Å². The van der Waals surface area contributed by atoms with Gasteiger partial charge in [0.2, 0.25) is 0 Å². The van der Waals surface area contributed by atoms with Gasteiger partial charge >= 0.3 is 120 Å². The molecule has 0 unspecified atom stereocenters. The van der Waals surface area contributed by atoms with Gasteiger partial charge in [-0.25, -0.2) is 4.98 Å². The van der Waals surface area contributed by atoms with Crippen molar-refractivity contribution in [1.29, 1.82) is 0 Å². The fourth-order valence-corrected chi connectivity index (χ4v) is 5.69. The summed E-state index contributed by atoms with van der Waals surface area (Å²) in [5.41, 5.74) is 3.40. The van der Waals surface area contributed by atoms with Gasteiger partial charge in [0.25, 0.3) is 0 Å². The summed E-state index contributed by atoms with van der Waals surface area (Å²) >= 11 is 0.0684. The Kier molecular flexibility index (Phi) is 8.75. The number of benzene rings is 3. The Balaban J connectivity index is 0.000000201. The zero-order valence-corrected chi connectivity index (χ0v) is 25.4.